The highest BCUT2D eigenvalue weighted by atomic mass is 16.5. The van der Waals surface area contributed by atoms with Crippen molar-refractivity contribution in [3.8, 4) is 5.75 Å². The lowest BCUT2D eigenvalue weighted by molar-refractivity contribution is -0.917. The molecular weight excluding hydrogens is 380 g/mol. The zero-order valence-electron chi connectivity index (χ0n) is 17.4. The Labute approximate surface area is 175 Å². The summed E-state index contributed by atoms with van der Waals surface area (Å²) in [4.78, 5) is 27.8. The smallest absolute Gasteiger partial charge is 0.339 e. The topological polar surface area (TPSA) is 64.2 Å². The van der Waals surface area contributed by atoms with Gasteiger partial charge in [-0.15, -0.1) is 0 Å². The maximum absolute atomic E-state index is 12.6. The molecule has 2 aromatic carbocycles. The molecule has 0 unspecified atom stereocenters. The Morgan fingerprint density at radius 3 is 2.53 bits per heavy atom. The van der Waals surface area contributed by atoms with Crippen LogP contribution in [0.3, 0.4) is 0 Å². The van der Waals surface area contributed by atoms with E-state index in [1.165, 1.54) is 10.5 Å². The van der Waals surface area contributed by atoms with Crippen LogP contribution in [0.15, 0.2) is 57.7 Å². The van der Waals surface area contributed by atoms with Crippen LogP contribution in [0.1, 0.15) is 16.7 Å². The molecule has 1 saturated heterocycles. The van der Waals surface area contributed by atoms with Gasteiger partial charge in [0.25, 0.3) is 5.91 Å². The lowest BCUT2D eigenvalue weighted by Crippen LogP contribution is -3.13. The van der Waals surface area contributed by atoms with Crippen molar-refractivity contribution >= 4 is 16.9 Å². The van der Waals surface area contributed by atoms with Crippen LogP contribution < -0.4 is 15.3 Å². The zero-order chi connectivity index (χ0) is 21.1. The summed E-state index contributed by atoms with van der Waals surface area (Å²) in [5.41, 5.74) is 2.97. The van der Waals surface area contributed by atoms with E-state index in [-0.39, 0.29) is 18.1 Å². The van der Waals surface area contributed by atoms with Crippen molar-refractivity contribution in [1.82, 2.24) is 4.90 Å². The molecule has 30 heavy (non-hydrogen) atoms. The van der Waals surface area contributed by atoms with Crippen LogP contribution in [-0.2, 0) is 11.3 Å². The van der Waals surface area contributed by atoms with Gasteiger partial charge in [-0.05, 0) is 31.5 Å². The molecule has 0 spiro atoms. The molecule has 1 amide bonds. The Bertz CT molecular complexity index is 1100. The lowest BCUT2D eigenvalue weighted by atomic mass is 10.1. The van der Waals surface area contributed by atoms with E-state index >= 15 is 0 Å². The number of benzene rings is 2. The van der Waals surface area contributed by atoms with Crippen molar-refractivity contribution < 1.29 is 18.8 Å². The normalized spacial score (nSPS) is 14.8. The maximum atomic E-state index is 12.6. The van der Waals surface area contributed by atoms with Gasteiger partial charge in [-0.25, -0.2) is 4.79 Å². The average molecular weight is 407 g/mol. The highest BCUT2D eigenvalue weighted by Gasteiger charge is 2.24. The van der Waals surface area contributed by atoms with Gasteiger partial charge in [-0.1, -0.05) is 30.3 Å². The average Bonchev–Trinajstić information content (AvgIpc) is 2.77. The second kappa shape index (κ2) is 8.71. The third-order valence-corrected chi connectivity index (χ3v) is 5.91. The summed E-state index contributed by atoms with van der Waals surface area (Å²) < 4.78 is 11.1. The molecule has 0 saturated carbocycles. The minimum Gasteiger partial charge on any atom is -0.484 e. The second-order valence-electron chi connectivity index (χ2n) is 7.88. The van der Waals surface area contributed by atoms with E-state index in [2.05, 4.69) is 24.3 Å². The molecule has 2 heterocycles. The highest BCUT2D eigenvalue weighted by molar-refractivity contribution is 5.82. The third-order valence-electron chi connectivity index (χ3n) is 5.91. The number of carbonyl (C=O) groups is 1. The fraction of sp³-hybridized carbons (Fsp3) is 0.333. The maximum Gasteiger partial charge on any atom is 0.339 e. The van der Waals surface area contributed by atoms with Crippen molar-refractivity contribution in [2.75, 3.05) is 32.8 Å². The molecule has 6 heteroatoms. The number of quaternary nitrogens is 1. The van der Waals surface area contributed by atoms with Gasteiger partial charge in [0.05, 0.1) is 26.2 Å². The second-order valence-corrected chi connectivity index (χ2v) is 7.88. The number of rotatable bonds is 5. The first-order chi connectivity index (χ1) is 14.5. The predicted octanol–water partition coefficient (Wildman–Crippen LogP) is 1.72. The first-order valence-electron chi connectivity index (χ1n) is 10.3. The fourth-order valence-electron chi connectivity index (χ4n) is 3.89. The minimum absolute atomic E-state index is 0.0182. The van der Waals surface area contributed by atoms with Gasteiger partial charge in [-0.2, -0.15) is 0 Å². The summed E-state index contributed by atoms with van der Waals surface area (Å²) in [5.74, 6) is 0.506. The number of piperazine rings is 1. The fourth-order valence-corrected chi connectivity index (χ4v) is 3.89. The van der Waals surface area contributed by atoms with E-state index in [0.717, 1.165) is 43.7 Å². The van der Waals surface area contributed by atoms with Gasteiger partial charge in [0.1, 0.15) is 17.9 Å². The van der Waals surface area contributed by atoms with Gasteiger partial charge in [0.15, 0.2) is 6.61 Å². The van der Waals surface area contributed by atoms with E-state index in [1.807, 2.05) is 30.0 Å². The molecule has 1 fully saturated rings. The Morgan fingerprint density at radius 1 is 1.07 bits per heavy atom. The van der Waals surface area contributed by atoms with Crippen LogP contribution in [-0.4, -0.2) is 43.6 Å². The summed E-state index contributed by atoms with van der Waals surface area (Å²) in [5, 5.41) is 0.878. The van der Waals surface area contributed by atoms with Gasteiger partial charge in [0.2, 0.25) is 0 Å². The number of carbonyl (C=O) groups excluding carboxylic acids is 1. The molecule has 156 valence electrons. The molecule has 1 aliphatic heterocycles. The molecule has 1 aliphatic rings. The van der Waals surface area contributed by atoms with E-state index in [0.29, 0.717) is 16.9 Å². The molecule has 0 aliphatic carbocycles. The number of hydrogen-bond donors (Lipinski definition) is 1. The van der Waals surface area contributed by atoms with Crippen LogP contribution in [0, 0.1) is 13.8 Å². The molecule has 1 aromatic heterocycles. The molecule has 0 atom stereocenters. The van der Waals surface area contributed by atoms with Crippen LogP contribution in [0.2, 0.25) is 0 Å². The van der Waals surface area contributed by atoms with Crippen molar-refractivity contribution in [1.29, 1.82) is 0 Å². The summed E-state index contributed by atoms with van der Waals surface area (Å²) in [6.07, 6.45) is 0. The molecule has 6 nitrogen and oxygen atoms in total. The first-order valence-corrected chi connectivity index (χ1v) is 10.3. The number of aryl methyl sites for hydroxylation is 1. The summed E-state index contributed by atoms with van der Waals surface area (Å²) in [6.45, 7) is 7.95. The number of nitrogens with one attached hydrogen (secondary N) is 1. The van der Waals surface area contributed by atoms with E-state index in [4.69, 9.17) is 9.15 Å². The molecule has 4 rings (SSSR count). The molecular formula is C24H27N2O4+. The number of hydrogen-bond acceptors (Lipinski definition) is 4. The van der Waals surface area contributed by atoms with Crippen molar-refractivity contribution in [2.24, 2.45) is 0 Å². The standard InChI is InChI=1S/C24H26N2O4/c1-17-18(2)24(28)30-22-14-20(8-9-21(17)22)29-16-23(27)26-12-10-25(11-13-26)15-19-6-4-3-5-7-19/h3-9,14H,10-13,15-16H2,1-2H3/p+1. The number of amides is 1. The predicted molar refractivity (Wildman–Crippen MR) is 115 cm³/mol. The molecule has 0 bridgehead atoms. The lowest BCUT2D eigenvalue weighted by Gasteiger charge is -2.32. The van der Waals surface area contributed by atoms with E-state index in [9.17, 15) is 9.59 Å². The van der Waals surface area contributed by atoms with Gasteiger partial charge in [-0.3, -0.25) is 4.79 Å². The first kappa shape index (κ1) is 20.2. The van der Waals surface area contributed by atoms with Crippen LogP contribution in [0.25, 0.3) is 11.0 Å². The molecule has 3 aromatic rings. The third kappa shape index (κ3) is 4.39. The zero-order valence-corrected chi connectivity index (χ0v) is 17.4. The Balaban J connectivity index is 1.32. The summed E-state index contributed by atoms with van der Waals surface area (Å²) in [7, 11) is 0. The summed E-state index contributed by atoms with van der Waals surface area (Å²) >= 11 is 0. The van der Waals surface area contributed by atoms with E-state index < -0.39 is 0 Å². The van der Waals surface area contributed by atoms with Gasteiger partial charge in [0, 0.05) is 22.6 Å². The number of fused-ring (bicyclic) bond motifs is 1. The Morgan fingerprint density at radius 2 is 1.80 bits per heavy atom. The quantitative estimate of drug-likeness (QED) is 0.654. The van der Waals surface area contributed by atoms with Crippen LogP contribution in [0.5, 0.6) is 5.75 Å². The molecule has 1 N–H and O–H groups in total. The minimum atomic E-state index is -0.343. The van der Waals surface area contributed by atoms with Crippen molar-refractivity contribution in [2.45, 2.75) is 20.4 Å². The Kier molecular flexibility index (Phi) is 5.86. The van der Waals surface area contributed by atoms with E-state index in [1.54, 1.807) is 13.0 Å². The Hall–Kier alpha value is -3.12. The van der Waals surface area contributed by atoms with Crippen molar-refractivity contribution in [3.05, 3.63) is 75.6 Å². The number of ether oxygens (including phenoxy) is 1. The summed E-state index contributed by atoms with van der Waals surface area (Å²) in [6, 6.07) is 15.8. The number of nitrogens with zero attached hydrogens (tertiary/aromatic N) is 1. The molecule has 0 radical (unpaired) electrons. The largest absolute Gasteiger partial charge is 0.484 e. The van der Waals surface area contributed by atoms with Crippen LogP contribution in [0.4, 0.5) is 0 Å². The van der Waals surface area contributed by atoms with Crippen molar-refractivity contribution in [3.63, 3.8) is 0 Å². The van der Waals surface area contributed by atoms with Crippen LogP contribution >= 0.6 is 0 Å². The van der Waals surface area contributed by atoms with Gasteiger partial charge < -0.3 is 19.0 Å². The highest BCUT2D eigenvalue weighted by Crippen LogP contribution is 2.23. The SMILES string of the molecule is Cc1c(C)c2ccc(OCC(=O)N3CC[NH+](Cc4ccccc4)CC3)cc2oc1=O. The monoisotopic (exact) mass is 407 g/mol. The van der Waals surface area contributed by atoms with Gasteiger partial charge >= 0.3 is 5.63 Å².